The molecule has 1 saturated heterocycles. The zero-order valence-electron chi connectivity index (χ0n) is 12.8. The normalized spacial score (nSPS) is 27.6. The Labute approximate surface area is 123 Å². The summed E-state index contributed by atoms with van der Waals surface area (Å²) in [5.41, 5.74) is 1.92. The van der Waals surface area contributed by atoms with Gasteiger partial charge in [-0.25, -0.2) is 0 Å². The number of unbranched alkanes of at least 4 members (excludes halogenated alkanes) is 1. The first-order chi connectivity index (χ1) is 9.79. The van der Waals surface area contributed by atoms with Crippen LogP contribution < -0.4 is 5.32 Å². The molecule has 1 aromatic rings. The Bertz CT molecular complexity index is 413. The van der Waals surface area contributed by atoms with E-state index in [2.05, 4.69) is 47.5 Å². The van der Waals surface area contributed by atoms with Crippen molar-refractivity contribution in [2.45, 2.75) is 44.6 Å². The van der Waals surface area contributed by atoms with Crippen LogP contribution in [0.15, 0.2) is 30.3 Å². The summed E-state index contributed by atoms with van der Waals surface area (Å²) in [6, 6.07) is 10.9. The van der Waals surface area contributed by atoms with E-state index in [1.807, 2.05) is 0 Å². The van der Waals surface area contributed by atoms with Gasteiger partial charge in [0.1, 0.15) is 0 Å². The first-order valence-electron chi connectivity index (χ1n) is 8.29. The lowest BCUT2D eigenvalue weighted by atomic mass is 9.91. The molecule has 0 spiro atoms. The van der Waals surface area contributed by atoms with Crippen molar-refractivity contribution in [3.05, 3.63) is 35.9 Å². The van der Waals surface area contributed by atoms with E-state index in [0.29, 0.717) is 5.54 Å². The summed E-state index contributed by atoms with van der Waals surface area (Å²) < 4.78 is 0. The number of hydrogen-bond donors (Lipinski definition) is 1. The number of nitrogens with zero attached hydrogens (tertiary/aromatic N) is 1. The van der Waals surface area contributed by atoms with Crippen LogP contribution in [-0.4, -0.2) is 36.6 Å². The van der Waals surface area contributed by atoms with Gasteiger partial charge < -0.3 is 5.32 Å². The van der Waals surface area contributed by atoms with Crippen LogP contribution in [0.4, 0.5) is 0 Å². The third kappa shape index (κ3) is 3.24. The van der Waals surface area contributed by atoms with Crippen molar-refractivity contribution in [3.63, 3.8) is 0 Å². The van der Waals surface area contributed by atoms with Crippen LogP contribution in [-0.2, 0) is 6.42 Å². The third-order valence-electron chi connectivity index (χ3n) is 5.21. The minimum absolute atomic E-state index is 0.436. The Balaban J connectivity index is 1.45. The molecule has 2 aliphatic rings. The van der Waals surface area contributed by atoms with Gasteiger partial charge in [-0.3, -0.25) is 4.90 Å². The largest absolute Gasteiger partial charge is 0.314 e. The monoisotopic (exact) mass is 272 g/mol. The lowest BCUT2D eigenvalue weighted by molar-refractivity contribution is 0.0544. The molecule has 1 N–H and O–H groups in total. The Kier molecular flexibility index (Phi) is 4.42. The van der Waals surface area contributed by atoms with Gasteiger partial charge in [0.2, 0.25) is 0 Å². The number of rotatable bonds is 6. The smallest absolute Gasteiger partial charge is 0.0334 e. The van der Waals surface area contributed by atoms with Gasteiger partial charge in [-0.1, -0.05) is 30.3 Å². The second-order valence-corrected chi connectivity index (χ2v) is 6.74. The molecule has 2 fully saturated rings. The molecule has 110 valence electrons. The van der Waals surface area contributed by atoms with E-state index in [-0.39, 0.29) is 0 Å². The summed E-state index contributed by atoms with van der Waals surface area (Å²) in [5.74, 6) is 0.949. The molecule has 1 heterocycles. The van der Waals surface area contributed by atoms with Gasteiger partial charge in [-0.2, -0.15) is 0 Å². The Morgan fingerprint density at radius 3 is 2.75 bits per heavy atom. The van der Waals surface area contributed by atoms with Crippen molar-refractivity contribution >= 4 is 0 Å². The Hall–Kier alpha value is -0.860. The molecule has 0 amide bonds. The predicted molar refractivity (Wildman–Crippen MR) is 85.0 cm³/mol. The molecule has 3 rings (SSSR count). The van der Waals surface area contributed by atoms with Crippen LogP contribution in [0.1, 0.15) is 38.2 Å². The lowest BCUT2D eigenvalue weighted by Crippen LogP contribution is -2.61. The molecular formula is C18H28N2. The first-order valence-corrected chi connectivity index (χ1v) is 8.29. The number of benzene rings is 1. The molecule has 0 bridgehead atoms. The van der Waals surface area contributed by atoms with E-state index in [1.54, 1.807) is 0 Å². The Morgan fingerprint density at radius 2 is 2.00 bits per heavy atom. The molecule has 0 aromatic heterocycles. The van der Waals surface area contributed by atoms with Crippen LogP contribution in [0, 0.1) is 5.92 Å². The second-order valence-electron chi connectivity index (χ2n) is 6.74. The van der Waals surface area contributed by atoms with E-state index in [4.69, 9.17) is 0 Å². The van der Waals surface area contributed by atoms with E-state index >= 15 is 0 Å². The van der Waals surface area contributed by atoms with Gasteiger partial charge >= 0.3 is 0 Å². The number of hydrogen-bond acceptors (Lipinski definition) is 2. The van der Waals surface area contributed by atoms with Gasteiger partial charge in [0.25, 0.3) is 0 Å². The van der Waals surface area contributed by atoms with Gasteiger partial charge in [0.15, 0.2) is 0 Å². The maximum atomic E-state index is 3.60. The van der Waals surface area contributed by atoms with Gasteiger partial charge in [0.05, 0.1) is 0 Å². The zero-order chi connectivity index (χ0) is 13.8. The average molecular weight is 272 g/mol. The molecule has 2 nitrogen and oxygen atoms in total. The number of aryl methyl sites for hydroxylation is 1. The quantitative estimate of drug-likeness (QED) is 0.801. The average Bonchev–Trinajstić information content (AvgIpc) is 3.31. The fourth-order valence-electron chi connectivity index (χ4n) is 3.67. The second kappa shape index (κ2) is 6.28. The van der Waals surface area contributed by atoms with Crippen molar-refractivity contribution in [3.8, 4) is 0 Å². The minimum atomic E-state index is 0.436. The van der Waals surface area contributed by atoms with Crippen LogP contribution in [0.25, 0.3) is 0 Å². The van der Waals surface area contributed by atoms with Crippen molar-refractivity contribution in [2.75, 3.05) is 26.2 Å². The van der Waals surface area contributed by atoms with E-state index < -0.39 is 0 Å². The predicted octanol–water partition coefficient (Wildman–Crippen LogP) is 3.08. The highest BCUT2D eigenvalue weighted by molar-refractivity contribution is 5.14. The summed E-state index contributed by atoms with van der Waals surface area (Å²) in [4.78, 5) is 2.77. The molecule has 1 unspecified atom stereocenters. The fraction of sp³-hybridized carbons (Fsp3) is 0.667. The van der Waals surface area contributed by atoms with Crippen LogP contribution >= 0.6 is 0 Å². The summed E-state index contributed by atoms with van der Waals surface area (Å²) >= 11 is 0. The first kappa shape index (κ1) is 14.1. The molecule has 1 aromatic carbocycles. The number of nitrogens with one attached hydrogen (secondary N) is 1. The Morgan fingerprint density at radius 1 is 1.20 bits per heavy atom. The molecule has 1 aliphatic carbocycles. The molecule has 20 heavy (non-hydrogen) atoms. The van der Waals surface area contributed by atoms with Crippen molar-refractivity contribution in [2.24, 2.45) is 5.92 Å². The third-order valence-corrected chi connectivity index (χ3v) is 5.21. The molecular weight excluding hydrogens is 244 g/mol. The maximum Gasteiger partial charge on any atom is 0.0334 e. The van der Waals surface area contributed by atoms with Crippen molar-refractivity contribution in [1.29, 1.82) is 0 Å². The highest BCUT2D eigenvalue weighted by Crippen LogP contribution is 2.43. The van der Waals surface area contributed by atoms with E-state index in [9.17, 15) is 0 Å². The lowest BCUT2D eigenvalue weighted by Gasteiger charge is -2.46. The fourth-order valence-corrected chi connectivity index (χ4v) is 3.67. The topological polar surface area (TPSA) is 15.3 Å². The van der Waals surface area contributed by atoms with Gasteiger partial charge in [-0.05, 0) is 57.1 Å². The van der Waals surface area contributed by atoms with Crippen LogP contribution in [0.5, 0.6) is 0 Å². The van der Waals surface area contributed by atoms with Crippen LogP contribution in [0.2, 0.25) is 0 Å². The number of piperazine rings is 1. The standard InChI is InChI=1S/C18H28N2/c1-18(17-10-11-17)15-19-12-14-20(18)13-6-5-9-16-7-3-2-4-8-16/h2-4,7-8,17,19H,5-6,9-15H2,1H3. The van der Waals surface area contributed by atoms with Gasteiger partial charge in [-0.15, -0.1) is 0 Å². The highest BCUT2D eigenvalue weighted by Gasteiger charge is 2.46. The molecule has 0 radical (unpaired) electrons. The van der Waals surface area contributed by atoms with Crippen molar-refractivity contribution < 1.29 is 0 Å². The summed E-state index contributed by atoms with van der Waals surface area (Å²) in [6.45, 7) is 7.35. The summed E-state index contributed by atoms with van der Waals surface area (Å²) in [7, 11) is 0. The van der Waals surface area contributed by atoms with Gasteiger partial charge in [0, 0.05) is 25.2 Å². The van der Waals surface area contributed by atoms with Crippen LogP contribution in [0.3, 0.4) is 0 Å². The highest BCUT2D eigenvalue weighted by atomic mass is 15.3. The molecule has 1 saturated carbocycles. The molecule has 2 heteroatoms. The minimum Gasteiger partial charge on any atom is -0.314 e. The van der Waals surface area contributed by atoms with E-state index in [0.717, 1.165) is 5.92 Å². The summed E-state index contributed by atoms with van der Waals surface area (Å²) in [6.07, 6.45) is 6.76. The SMILES string of the molecule is CC1(C2CC2)CNCCN1CCCCc1ccccc1. The summed E-state index contributed by atoms with van der Waals surface area (Å²) in [5, 5.41) is 3.60. The maximum absolute atomic E-state index is 3.60. The zero-order valence-corrected chi connectivity index (χ0v) is 12.8. The molecule has 1 atom stereocenters. The van der Waals surface area contributed by atoms with Crippen molar-refractivity contribution in [1.82, 2.24) is 10.2 Å². The molecule has 1 aliphatic heterocycles. The van der Waals surface area contributed by atoms with E-state index in [1.165, 1.54) is 63.8 Å².